The van der Waals surface area contributed by atoms with Crippen molar-refractivity contribution in [3.8, 4) is 11.3 Å². The first-order valence-electron chi connectivity index (χ1n) is 20.9. The molecule has 14 nitrogen and oxygen atoms in total. The van der Waals surface area contributed by atoms with Gasteiger partial charge in [0.25, 0.3) is 11.8 Å². The van der Waals surface area contributed by atoms with Crippen LogP contribution in [0.4, 0.5) is 9.59 Å². The molecule has 1 unspecified atom stereocenters. The Morgan fingerprint density at radius 2 is 1.18 bits per heavy atom. The van der Waals surface area contributed by atoms with Crippen molar-refractivity contribution in [3.05, 3.63) is 131 Å². The van der Waals surface area contributed by atoms with E-state index in [4.69, 9.17) is 19.4 Å². The summed E-state index contributed by atoms with van der Waals surface area (Å²) in [5.41, 5.74) is 5.65. The summed E-state index contributed by atoms with van der Waals surface area (Å²) in [5.74, 6) is 1.92. The van der Waals surface area contributed by atoms with Crippen LogP contribution in [0.1, 0.15) is 121 Å². The number of imidazole rings is 2. The van der Waals surface area contributed by atoms with E-state index < -0.39 is 24.3 Å². The number of carbonyl (C=O) groups excluding carboxylic acids is 4. The van der Waals surface area contributed by atoms with Crippen molar-refractivity contribution in [3.63, 3.8) is 0 Å². The molecular weight excluding hydrogens is 761 g/mol. The van der Waals surface area contributed by atoms with Crippen molar-refractivity contribution < 1.29 is 28.7 Å². The van der Waals surface area contributed by atoms with Gasteiger partial charge in [-0.15, -0.1) is 0 Å². The molecule has 1 saturated carbocycles. The fraction of sp³-hybridized carbons (Fsp3) is 0.391. The van der Waals surface area contributed by atoms with Crippen LogP contribution in [0.25, 0.3) is 11.3 Å². The van der Waals surface area contributed by atoms with Gasteiger partial charge in [0.05, 0.1) is 43.9 Å². The number of hydrogen-bond acceptors (Lipinski definition) is 8. The van der Waals surface area contributed by atoms with Crippen molar-refractivity contribution >= 4 is 24.0 Å². The van der Waals surface area contributed by atoms with Crippen molar-refractivity contribution in [1.29, 1.82) is 0 Å². The summed E-state index contributed by atoms with van der Waals surface area (Å²) in [6.07, 6.45) is 9.91. The number of ether oxygens (including phenoxy) is 2. The maximum atomic E-state index is 13.9. The van der Waals surface area contributed by atoms with Gasteiger partial charge in [-0.25, -0.2) is 19.6 Å². The Morgan fingerprint density at radius 3 is 1.72 bits per heavy atom. The first-order chi connectivity index (χ1) is 29.3. The number of nitrogens with one attached hydrogen (secondary N) is 4. The third-order valence-electron chi connectivity index (χ3n) is 12.4. The maximum absolute atomic E-state index is 13.9. The molecule has 4 heterocycles. The molecule has 1 aliphatic carbocycles. The van der Waals surface area contributed by atoms with Gasteiger partial charge < -0.3 is 39.9 Å². The van der Waals surface area contributed by atoms with Gasteiger partial charge in [0.2, 0.25) is 0 Å². The van der Waals surface area contributed by atoms with Crippen LogP contribution in [0.2, 0.25) is 0 Å². The molecule has 2 saturated heterocycles. The van der Waals surface area contributed by atoms with Crippen LogP contribution < -0.4 is 10.6 Å². The highest BCUT2D eigenvalue weighted by atomic mass is 16.5. The number of likely N-dealkylation sites (tertiary alicyclic amines) is 2. The Labute approximate surface area is 349 Å². The van der Waals surface area contributed by atoms with Crippen LogP contribution in [-0.2, 0) is 19.1 Å². The molecule has 2 aromatic heterocycles. The van der Waals surface area contributed by atoms with Gasteiger partial charge in [0.1, 0.15) is 23.7 Å². The number of aromatic nitrogens is 4. The number of carbonyl (C=O) groups is 4. The van der Waals surface area contributed by atoms with Gasteiger partial charge in [0, 0.05) is 25.2 Å². The van der Waals surface area contributed by atoms with Gasteiger partial charge in [-0.1, -0.05) is 84.9 Å². The Bertz CT molecular complexity index is 2250. The number of methoxy groups -OCH3 is 2. The second-order valence-corrected chi connectivity index (χ2v) is 15.9. The molecule has 3 fully saturated rings. The quantitative estimate of drug-likeness (QED) is 0.105. The average Bonchev–Trinajstić information content (AvgIpc) is 4.15. The molecular formula is C46H52N8O6. The molecule has 60 heavy (non-hydrogen) atoms. The fourth-order valence-electron chi connectivity index (χ4n) is 9.22. The van der Waals surface area contributed by atoms with Crippen molar-refractivity contribution in [1.82, 2.24) is 40.4 Å². The van der Waals surface area contributed by atoms with E-state index in [1.54, 1.807) is 4.90 Å². The Kier molecular flexibility index (Phi) is 12.3. The average molecular weight is 813 g/mol. The van der Waals surface area contributed by atoms with Crippen LogP contribution in [-0.4, -0.2) is 81.0 Å². The van der Waals surface area contributed by atoms with Crippen molar-refractivity contribution in [2.45, 2.75) is 87.4 Å². The molecule has 2 aliphatic heterocycles. The summed E-state index contributed by atoms with van der Waals surface area (Å²) in [6.45, 7) is 1.15. The topological polar surface area (TPSA) is 175 Å². The zero-order valence-electron chi connectivity index (χ0n) is 34.0. The van der Waals surface area contributed by atoms with Crippen LogP contribution in [0.3, 0.4) is 0 Å². The highest BCUT2D eigenvalue weighted by Gasteiger charge is 2.39. The molecule has 0 spiro atoms. The van der Waals surface area contributed by atoms with Gasteiger partial charge in [-0.3, -0.25) is 9.59 Å². The number of aromatic amines is 2. The molecule has 312 valence electrons. The van der Waals surface area contributed by atoms with E-state index in [9.17, 15) is 19.2 Å². The van der Waals surface area contributed by atoms with Crippen molar-refractivity contribution in [2.75, 3.05) is 27.3 Å². The molecule has 4 amide bonds. The minimum Gasteiger partial charge on any atom is -0.453 e. The predicted molar refractivity (Wildman–Crippen MR) is 223 cm³/mol. The second kappa shape index (κ2) is 18.2. The first kappa shape index (κ1) is 40.3. The molecule has 8 rings (SSSR count). The Balaban J connectivity index is 0.878. The van der Waals surface area contributed by atoms with E-state index in [1.165, 1.54) is 19.8 Å². The Morgan fingerprint density at radius 1 is 0.667 bits per heavy atom. The van der Waals surface area contributed by atoms with E-state index in [0.29, 0.717) is 36.1 Å². The monoisotopic (exact) mass is 812 g/mol. The summed E-state index contributed by atoms with van der Waals surface area (Å²) in [7, 11) is 2.58. The molecule has 4 N–H and O–H groups in total. The molecule has 0 radical (unpaired) electrons. The van der Waals surface area contributed by atoms with Gasteiger partial charge in [-0.2, -0.15) is 0 Å². The summed E-state index contributed by atoms with van der Waals surface area (Å²) in [5, 5.41) is 5.46. The highest BCUT2D eigenvalue weighted by molar-refractivity contribution is 5.88. The Hall–Kier alpha value is -6.44. The van der Waals surface area contributed by atoms with Crippen molar-refractivity contribution in [2.24, 2.45) is 0 Å². The molecule has 4 atom stereocenters. The first-order valence-corrected chi connectivity index (χ1v) is 20.9. The number of amides is 4. The van der Waals surface area contributed by atoms with E-state index >= 15 is 0 Å². The lowest BCUT2D eigenvalue weighted by Gasteiger charge is -2.29. The summed E-state index contributed by atoms with van der Waals surface area (Å²) in [6, 6.07) is 25.0. The summed E-state index contributed by atoms with van der Waals surface area (Å²) < 4.78 is 9.68. The smallest absolute Gasteiger partial charge is 0.407 e. The number of alkyl carbamates (subject to hydrolysis) is 2. The van der Waals surface area contributed by atoms with E-state index in [2.05, 4.69) is 44.9 Å². The summed E-state index contributed by atoms with van der Waals surface area (Å²) >= 11 is 0. The molecule has 3 aromatic carbocycles. The standard InChI is InChI=1S/C46H52N8O6/c1-59-45(57)51-39(33-11-5-3-6-12-33)43(55)53-25-9-15-37(53)41-47-27-35(49-41)31-21-17-29(18-22-31)30-19-23-32(24-20-30)36-28-48-42(50-36)38-16-10-26-54(38)44(56)40(52-46(58)60-2)34-13-7-4-8-14-34/h3-8,11-14,17-18,21-22,27-28,30,32,37-40H,9-10,15-16,19-20,23-26H2,1-2H3,(H,47,49)(H,48,50)(H,51,57)(H,52,58)/t30?,32?,37-,38-,39?,40+/m0/s1. The SMILES string of the molecule is COC(=O)NC(C(=O)N1CCC[C@H]1c1ncc(-c2ccc(C3CCC(c4c[nH]c([C@@H]5CCCN5C(=O)[C@H](NC(=O)OC)c5ccccc5)n4)CC3)cc2)[nH]1)c1ccccc1. The minimum atomic E-state index is -0.869. The largest absolute Gasteiger partial charge is 0.453 e. The van der Waals surface area contributed by atoms with E-state index in [-0.39, 0.29) is 23.9 Å². The summed E-state index contributed by atoms with van der Waals surface area (Å²) in [4.78, 5) is 72.6. The van der Waals surface area contributed by atoms with Crippen LogP contribution >= 0.6 is 0 Å². The third kappa shape index (κ3) is 8.63. The zero-order chi connectivity index (χ0) is 41.6. The number of nitrogens with zero attached hydrogens (tertiary/aromatic N) is 4. The molecule has 0 bridgehead atoms. The zero-order valence-corrected chi connectivity index (χ0v) is 34.0. The predicted octanol–water partition coefficient (Wildman–Crippen LogP) is 7.76. The molecule has 14 heteroatoms. The lowest BCUT2D eigenvalue weighted by Crippen LogP contribution is -2.42. The number of benzene rings is 3. The number of hydrogen-bond donors (Lipinski definition) is 4. The van der Waals surface area contributed by atoms with Crippen LogP contribution in [0.5, 0.6) is 0 Å². The van der Waals surface area contributed by atoms with Crippen LogP contribution in [0, 0.1) is 0 Å². The highest BCUT2D eigenvalue weighted by Crippen LogP contribution is 2.42. The number of rotatable bonds is 11. The van der Waals surface area contributed by atoms with Gasteiger partial charge in [-0.05, 0) is 79.5 Å². The lowest BCUT2D eigenvalue weighted by molar-refractivity contribution is -0.135. The van der Waals surface area contributed by atoms with E-state index in [0.717, 1.165) is 80.0 Å². The minimum absolute atomic E-state index is 0.178. The molecule has 3 aliphatic rings. The maximum Gasteiger partial charge on any atom is 0.407 e. The van der Waals surface area contributed by atoms with Gasteiger partial charge >= 0.3 is 12.2 Å². The number of H-pyrrole nitrogens is 2. The lowest BCUT2D eigenvalue weighted by atomic mass is 9.77. The van der Waals surface area contributed by atoms with E-state index in [1.807, 2.05) is 78.0 Å². The van der Waals surface area contributed by atoms with Crippen LogP contribution in [0.15, 0.2) is 97.3 Å². The second-order valence-electron chi connectivity index (χ2n) is 15.9. The normalized spacial score (nSPS) is 21.2. The molecule has 5 aromatic rings. The fourth-order valence-corrected chi connectivity index (χ4v) is 9.22. The van der Waals surface area contributed by atoms with Gasteiger partial charge in [0.15, 0.2) is 0 Å². The third-order valence-corrected chi connectivity index (χ3v) is 12.4.